The van der Waals surface area contributed by atoms with Gasteiger partial charge in [0.1, 0.15) is 0 Å². The summed E-state index contributed by atoms with van der Waals surface area (Å²) in [5.41, 5.74) is 2.39. The molecule has 5 heteroatoms. The molecule has 0 unspecified atom stereocenters. The van der Waals surface area contributed by atoms with Gasteiger partial charge in [0.2, 0.25) is 5.95 Å². The molecule has 1 saturated carbocycles. The van der Waals surface area contributed by atoms with Gasteiger partial charge in [-0.3, -0.25) is 0 Å². The van der Waals surface area contributed by atoms with Crippen molar-refractivity contribution in [1.82, 2.24) is 15.0 Å². The van der Waals surface area contributed by atoms with Gasteiger partial charge in [0.05, 0.1) is 6.61 Å². The molecule has 1 N–H and O–H groups in total. The Balaban J connectivity index is 1.96. The molecule has 1 aliphatic carbocycles. The zero-order chi connectivity index (χ0) is 14.7. The lowest BCUT2D eigenvalue weighted by Crippen LogP contribution is -2.09. The maximum atomic E-state index is 5.42. The van der Waals surface area contributed by atoms with Gasteiger partial charge in [-0.15, -0.1) is 0 Å². The van der Waals surface area contributed by atoms with Crippen molar-refractivity contribution >= 4 is 5.95 Å². The van der Waals surface area contributed by atoms with Gasteiger partial charge in [0.15, 0.2) is 5.82 Å². The zero-order valence-corrected chi connectivity index (χ0v) is 12.5. The van der Waals surface area contributed by atoms with E-state index >= 15 is 0 Å². The molecule has 1 aliphatic rings. The quantitative estimate of drug-likeness (QED) is 0.913. The van der Waals surface area contributed by atoms with Crippen LogP contribution >= 0.6 is 0 Å². The van der Waals surface area contributed by atoms with Crippen molar-refractivity contribution in [2.75, 3.05) is 19.0 Å². The van der Waals surface area contributed by atoms with E-state index in [9.17, 15) is 0 Å². The highest BCUT2D eigenvalue weighted by molar-refractivity contribution is 5.58. The van der Waals surface area contributed by atoms with Crippen molar-refractivity contribution in [2.24, 2.45) is 0 Å². The van der Waals surface area contributed by atoms with Crippen LogP contribution in [-0.4, -0.2) is 28.6 Å². The first-order chi connectivity index (χ1) is 10.3. The van der Waals surface area contributed by atoms with Gasteiger partial charge in [-0.2, -0.15) is 15.0 Å². The normalized spacial score (nSPS) is 14.6. The lowest BCUT2D eigenvalue weighted by Gasteiger charge is -2.26. The van der Waals surface area contributed by atoms with E-state index in [4.69, 9.17) is 4.74 Å². The number of anilines is 1. The number of aromatic nitrogens is 3. The fourth-order valence-corrected chi connectivity index (χ4v) is 2.46. The second kappa shape index (κ2) is 6.08. The topological polar surface area (TPSA) is 59.9 Å². The first-order valence-electron chi connectivity index (χ1n) is 7.47. The minimum Gasteiger partial charge on any atom is -0.464 e. The molecule has 21 heavy (non-hydrogen) atoms. The molecule has 0 amide bonds. The predicted molar refractivity (Wildman–Crippen MR) is 82.6 cm³/mol. The van der Waals surface area contributed by atoms with Crippen LogP contribution < -0.4 is 10.1 Å². The standard InChI is InChI=1S/C16H20N4O/c1-3-21-16-19-14(18-15(17-2)20-16)13-9-5-8-12(10-13)11-6-4-7-11/h5,8-11H,3-4,6-7H2,1-2H3,(H,17,18,19,20). The van der Waals surface area contributed by atoms with Gasteiger partial charge < -0.3 is 10.1 Å². The van der Waals surface area contributed by atoms with E-state index in [1.807, 2.05) is 13.0 Å². The predicted octanol–water partition coefficient (Wildman–Crippen LogP) is 3.25. The Morgan fingerprint density at radius 1 is 1.24 bits per heavy atom. The van der Waals surface area contributed by atoms with Gasteiger partial charge in [-0.05, 0) is 37.3 Å². The third-order valence-electron chi connectivity index (χ3n) is 3.83. The smallest absolute Gasteiger partial charge is 0.321 e. The van der Waals surface area contributed by atoms with Crippen molar-refractivity contribution in [2.45, 2.75) is 32.1 Å². The van der Waals surface area contributed by atoms with Gasteiger partial charge >= 0.3 is 6.01 Å². The molecule has 1 aromatic carbocycles. The largest absolute Gasteiger partial charge is 0.464 e. The van der Waals surface area contributed by atoms with Crippen LogP contribution in [0.4, 0.5) is 5.95 Å². The molecule has 0 bridgehead atoms. The SMILES string of the molecule is CCOc1nc(NC)nc(-c2cccc(C3CCC3)c2)n1. The lowest BCUT2D eigenvalue weighted by molar-refractivity contribution is 0.312. The van der Waals surface area contributed by atoms with E-state index in [-0.39, 0.29) is 0 Å². The Hall–Kier alpha value is -2.17. The Bertz CT molecular complexity index is 625. The minimum atomic E-state index is 0.362. The average molecular weight is 284 g/mol. The van der Waals surface area contributed by atoms with Gasteiger partial charge in [0.25, 0.3) is 0 Å². The van der Waals surface area contributed by atoms with E-state index in [0.29, 0.717) is 30.3 Å². The van der Waals surface area contributed by atoms with Crippen LogP contribution in [0.5, 0.6) is 6.01 Å². The van der Waals surface area contributed by atoms with Crippen LogP contribution in [0, 0.1) is 0 Å². The lowest BCUT2D eigenvalue weighted by atomic mass is 9.80. The number of nitrogens with one attached hydrogen (secondary N) is 1. The van der Waals surface area contributed by atoms with Crippen LogP contribution in [0.1, 0.15) is 37.7 Å². The van der Waals surface area contributed by atoms with Gasteiger partial charge in [-0.1, -0.05) is 24.6 Å². The third-order valence-corrected chi connectivity index (χ3v) is 3.83. The summed E-state index contributed by atoms with van der Waals surface area (Å²) in [5, 5.41) is 2.95. The molecular weight excluding hydrogens is 264 g/mol. The minimum absolute atomic E-state index is 0.362. The van der Waals surface area contributed by atoms with Crippen LogP contribution in [0.15, 0.2) is 24.3 Å². The Labute approximate surface area is 124 Å². The highest BCUT2D eigenvalue weighted by atomic mass is 16.5. The van der Waals surface area contributed by atoms with Crippen molar-refractivity contribution in [3.05, 3.63) is 29.8 Å². The highest BCUT2D eigenvalue weighted by Gasteiger charge is 2.20. The summed E-state index contributed by atoms with van der Waals surface area (Å²) in [6, 6.07) is 8.85. The van der Waals surface area contributed by atoms with E-state index in [1.54, 1.807) is 7.05 Å². The summed E-state index contributed by atoms with van der Waals surface area (Å²) >= 11 is 0. The van der Waals surface area contributed by atoms with Crippen LogP contribution in [0.25, 0.3) is 11.4 Å². The van der Waals surface area contributed by atoms with E-state index < -0.39 is 0 Å². The summed E-state index contributed by atoms with van der Waals surface area (Å²) in [6.07, 6.45) is 3.90. The molecule has 0 aliphatic heterocycles. The first kappa shape index (κ1) is 13.8. The van der Waals surface area contributed by atoms with Gasteiger partial charge in [0, 0.05) is 12.6 Å². The van der Waals surface area contributed by atoms with Crippen LogP contribution in [-0.2, 0) is 0 Å². The summed E-state index contributed by atoms with van der Waals surface area (Å²) in [6.45, 7) is 2.45. The van der Waals surface area contributed by atoms with E-state index in [2.05, 4.69) is 38.5 Å². The number of hydrogen-bond acceptors (Lipinski definition) is 5. The second-order valence-electron chi connectivity index (χ2n) is 5.20. The molecule has 0 radical (unpaired) electrons. The number of benzene rings is 1. The molecular formula is C16H20N4O. The number of rotatable bonds is 5. The molecule has 2 aromatic rings. The number of hydrogen-bond donors (Lipinski definition) is 1. The molecule has 5 nitrogen and oxygen atoms in total. The van der Waals surface area contributed by atoms with Crippen molar-refractivity contribution in [3.63, 3.8) is 0 Å². The first-order valence-corrected chi connectivity index (χ1v) is 7.47. The maximum Gasteiger partial charge on any atom is 0.321 e. The number of ether oxygens (including phenoxy) is 1. The van der Waals surface area contributed by atoms with Crippen molar-refractivity contribution < 1.29 is 4.74 Å². The molecule has 3 rings (SSSR count). The Morgan fingerprint density at radius 3 is 2.76 bits per heavy atom. The van der Waals surface area contributed by atoms with Crippen molar-refractivity contribution in [1.29, 1.82) is 0 Å². The number of nitrogens with zero attached hydrogens (tertiary/aromatic N) is 3. The van der Waals surface area contributed by atoms with Crippen LogP contribution in [0.3, 0.4) is 0 Å². The maximum absolute atomic E-state index is 5.42. The molecule has 110 valence electrons. The Morgan fingerprint density at radius 2 is 2.10 bits per heavy atom. The second-order valence-corrected chi connectivity index (χ2v) is 5.20. The fraction of sp³-hybridized carbons (Fsp3) is 0.438. The third kappa shape index (κ3) is 2.96. The van der Waals surface area contributed by atoms with E-state index in [0.717, 1.165) is 5.56 Å². The van der Waals surface area contributed by atoms with E-state index in [1.165, 1.54) is 24.8 Å². The summed E-state index contributed by atoms with van der Waals surface area (Å²) < 4.78 is 5.42. The molecule has 0 atom stereocenters. The molecule has 1 heterocycles. The monoisotopic (exact) mass is 284 g/mol. The zero-order valence-electron chi connectivity index (χ0n) is 12.5. The average Bonchev–Trinajstić information content (AvgIpc) is 2.46. The molecule has 1 aromatic heterocycles. The van der Waals surface area contributed by atoms with Gasteiger partial charge in [-0.25, -0.2) is 0 Å². The summed E-state index contributed by atoms with van der Waals surface area (Å²) in [5.74, 6) is 1.87. The summed E-state index contributed by atoms with van der Waals surface area (Å²) in [4.78, 5) is 13.0. The summed E-state index contributed by atoms with van der Waals surface area (Å²) in [7, 11) is 1.79. The molecule has 0 saturated heterocycles. The van der Waals surface area contributed by atoms with Crippen LogP contribution in [0.2, 0.25) is 0 Å². The highest BCUT2D eigenvalue weighted by Crippen LogP contribution is 2.37. The fourth-order valence-electron chi connectivity index (χ4n) is 2.46. The molecule has 1 fully saturated rings. The molecule has 0 spiro atoms. The van der Waals surface area contributed by atoms with Crippen molar-refractivity contribution in [3.8, 4) is 17.4 Å². The Kier molecular flexibility index (Phi) is 3.99.